The van der Waals surface area contributed by atoms with Gasteiger partial charge in [-0.2, -0.15) is 0 Å². The smallest absolute Gasteiger partial charge is 0.252 e. The van der Waals surface area contributed by atoms with Gasteiger partial charge in [0.15, 0.2) is 0 Å². The predicted molar refractivity (Wildman–Crippen MR) is 126 cm³/mol. The lowest BCUT2D eigenvalue weighted by molar-refractivity contribution is 0.0950. The highest BCUT2D eigenvalue weighted by Gasteiger charge is 2.11. The van der Waals surface area contributed by atoms with E-state index in [-0.39, 0.29) is 5.91 Å². The van der Waals surface area contributed by atoms with E-state index in [2.05, 4.69) is 33.2 Å². The van der Waals surface area contributed by atoms with E-state index in [1.165, 1.54) is 4.88 Å². The zero-order valence-electron chi connectivity index (χ0n) is 16.3. The summed E-state index contributed by atoms with van der Waals surface area (Å²) >= 11 is 5.11. The van der Waals surface area contributed by atoms with Crippen LogP contribution >= 0.6 is 34.4 Å². The summed E-state index contributed by atoms with van der Waals surface area (Å²) in [5.41, 5.74) is 2.81. The number of amides is 1. The highest BCUT2D eigenvalue weighted by Crippen LogP contribution is 2.28. The second-order valence-electron chi connectivity index (χ2n) is 6.59. The highest BCUT2D eigenvalue weighted by atomic mass is 32.2. The number of pyridine rings is 1. The molecule has 0 spiro atoms. The number of rotatable bonds is 9. The molecule has 4 aromatic rings. The Bertz CT molecular complexity index is 1080. The first-order valence-electron chi connectivity index (χ1n) is 9.67. The van der Waals surface area contributed by atoms with E-state index in [0.717, 1.165) is 45.3 Å². The van der Waals surface area contributed by atoms with Gasteiger partial charge >= 0.3 is 0 Å². The molecule has 7 heteroatoms. The first kappa shape index (κ1) is 20.8. The number of benzene rings is 1. The minimum atomic E-state index is -0.0131. The first-order chi connectivity index (χ1) is 14.8. The fourth-order valence-electron chi connectivity index (χ4n) is 2.94. The van der Waals surface area contributed by atoms with Crippen LogP contribution in [0.4, 0.5) is 0 Å². The van der Waals surface area contributed by atoms with Crippen molar-refractivity contribution in [2.45, 2.75) is 23.5 Å². The summed E-state index contributed by atoms with van der Waals surface area (Å²) in [7, 11) is 0. The van der Waals surface area contributed by atoms with E-state index in [0.29, 0.717) is 6.54 Å². The number of aryl methyl sites for hydroxylation is 1. The van der Waals surface area contributed by atoms with Crippen LogP contribution in [-0.2, 0) is 12.2 Å². The third kappa shape index (κ3) is 5.56. The molecular formula is C23H21N3OS3. The quantitative estimate of drug-likeness (QED) is 0.253. The van der Waals surface area contributed by atoms with Crippen molar-refractivity contribution < 1.29 is 4.79 Å². The largest absolute Gasteiger partial charge is 0.352 e. The number of hydrogen-bond donors (Lipinski definition) is 1. The number of thiophene rings is 1. The summed E-state index contributed by atoms with van der Waals surface area (Å²) in [6.45, 7) is 0.632. The molecule has 1 amide bonds. The van der Waals surface area contributed by atoms with Gasteiger partial charge in [-0.05, 0) is 42.1 Å². The molecule has 0 aliphatic rings. The Labute approximate surface area is 188 Å². The van der Waals surface area contributed by atoms with Crippen molar-refractivity contribution >= 4 is 40.3 Å². The van der Waals surface area contributed by atoms with Crippen LogP contribution in [0.5, 0.6) is 0 Å². The van der Waals surface area contributed by atoms with E-state index >= 15 is 0 Å². The molecule has 0 radical (unpaired) electrons. The number of carbonyl (C=O) groups is 1. The lowest BCUT2D eigenvalue weighted by Crippen LogP contribution is -2.25. The molecular weight excluding hydrogens is 430 g/mol. The van der Waals surface area contributed by atoms with E-state index in [1.54, 1.807) is 46.8 Å². The van der Waals surface area contributed by atoms with E-state index in [9.17, 15) is 4.79 Å². The monoisotopic (exact) mass is 451 g/mol. The minimum Gasteiger partial charge on any atom is -0.352 e. The summed E-state index contributed by atoms with van der Waals surface area (Å²) in [6.07, 6.45) is 5.27. The SMILES string of the molecule is O=C(NCCCc1nc(-c2ccncc2)cs1)c1ccccc1SCc1cccs1. The van der Waals surface area contributed by atoms with Gasteiger partial charge in [-0.3, -0.25) is 9.78 Å². The van der Waals surface area contributed by atoms with Crippen molar-refractivity contribution in [2.24, 2.45) is 0 Å². The van der Waals surface area contributed by atoms with Crippen LogP contribution < -0.4 is 5.32 Å². The summed E-state index contributed by atoms with van der Waals surface area (Å²) in [4.78, 5) is 23.8. The van der Waals surface area contributed by atoms with Crippen LogP contribution in [0.25, 0.3) is 11.3 Å². The van der Waals surface area contributed by atoms with Crippen LogP contribution in [-0.4, -0.2) is 22.4 Å². The number of thiazole rings is 1. The number of nitrogens with one attached hydrogen (secondary N) is 1. The molecule has 1 N–H and O–H groups in total. The van der Waals surface area contributed by atoms with Gasteiger partial charge in [-0.25, -0.2) is 4.98 Å². The third-order valence-corrected chi connectivity index (χ3v) is 7.55. The number of aromatic nitrogens is 2. The Hall–Kier alpha value is -2.48. The molecule has 1 aromatic carbocycles. The predicted octanol–water partition coefficient (Wildman–Crippen LogP) is 5.92. The van der Waals surface area contributed by atoms with Crippen molar-refractivity contribution in [3.05, 3.63) is 87.1 Å². The fourth-order valence-corrected chi connectivity index (χ4v) is 5.61. The zero-order valence-corrected chi connectivity index (χ0v) is 18.7. The van der Waals surface area contributed by atoms with Gasteiger partial charge < -0.3 is 5.32 Å². The molecule has 3 heterocycles. The van der Waals surface area contributed by atoms with E-state index in [4.69, 9.17) is 4.98 Å². The maximum atomic E-state index is 12.7. The van der Waals surface area contributed by atoms with Gasteiger partial charge in [0.25, 0.3) is 5.91 Å². The van der Waals surface area contributed by atoms with Gasteiger partial charge in [0.05, 0.1) is 16.3 Å². The van der Waals surface area contributed by atoms with Crippen LogP contribution in [0.15, 0.2) is 76.6 Å². The molecule has 0 fully saturated rings. The van der Waals surface area contributed by atoms with Gasteiger partial charge in [0.1, 0.15) is 0 Å². The average molecular weight is 452 g/mol. The first-order valence-corrected chi connectivity index (χ1v) is 12.4. The lowest BCUT2D eigenvalue weighted by atomic mass is 10.2. The van der Waals surface area contributed by atoms with Crippen molar-refractivity contribution in [3.63, 3.8) is 0 Å². The third-order valence-electron chi connectivity index (χ3n) is 4.46. The summed E-state index contributed by atoms with van der Waals surface area (Å²) in [6, 6.07) is 15.9. The van der Waals surface area contributed by atoms with Crippen LogP contribution in [0.2, 0.25) is 0 Å². The molecule has 0 aliphatic heterocycles. The van der Waals surface area contributed by atoms with Crippen LogP contribution in [0.3, 0.4) is 0 Å². The number of carbonyl (C=O) groups excluding carboxylic acids is 1. The normalized spacial score (nSPS) is 10.8. The zero-order chi connectivity index (χ0) is 20.6. The number of thioether (sulfide) groups is 1. The Balaban J connectivity index is 1.27. The van der Waals surface area contributed by atoms with E-state index < -0.39 is 0 Å². The maximum absolute atomic E-state index is 12.7. The lowest BCUT2D eigenvalue weighted by Gasteiger charge is -2.09. The second-order valence-corrected chi connectivity index (χ2v) is 9.58. The summed E-state index contributed by atoms with van der Waals surface area (Å²) in [5.74, 6) is 0.868. The Morgan fingerprint density at radius 2 is 1.90 bits per heavy atom. The molecule has 0 unspecified atom stereocenters. The van der Waals surface area contributed by atoms with Crippen molar-refractivity contribution in [2.75, 3.05) is 6.54 Å². The van der Waals surface area contributed by atoms with Crippen LogP contribution in [0, 0.1) is 0 Å². The Morgan fingerprint density at radius 1 is 1.03 bits per heavy atom. The molecule has 0 bridgehead atoms. The van der Waals surface area contributed by atoms with Crippen LogP contribution in [0.1, 0.15) is 26.7 Å². The molecule has 0 atom stereocenters. The van der Waals surface area contributed by atoms with Gasteiger partial charge in [0.2, 0.25) is 0 Å². The molecule has 0 saturated heterocycles. The van der Waals surface area contributed by atoms with Crippen molar-refractivity contribution in [1.29, 1.82) is 0 Å². The summed E-state index contributed by atoms with van der Waals surface area (Å²) < 4.78 is 0. The second kappa shape index (κ2) is 10.5. The fraction of sp³-hybridized carbons (Fsp3) is 0.174. The standard InChI is InChI=1S/C23H21N3OS3/c27-23(19-6-1-2-7-21(19)29-15-18-5-4-14-28-18)25-11-3-8-22-26-20(16-30-22)17-9-12-24-13-10-17/h1-2,4-7,9-10,12-14,16H,3,8,11,15H2,(H,25,27). The molecule has 4 nitrogen and oxygen atoms in total. The highest BCUT2D eigenvalue weighted by molar-refractivity contribution is 7.98. The molecule has 3 aromatic heterocycles. The molecule has 0 saturated carbocycles. The minimum absolute atomic E-state index is 0.0131. The van der Waals surface area contributed by atoms with Crippen molar-refractivity contribution in [1.82, 2.24) is 15.3 Å². The molecule has 30 heavy (non-hydrogen) atoms. The topological polar surface area (TPSA) is 54.9 Å². The molecule has 152 valence electrons. The number of hydrogen-bond acceptors (Lipinski definition) is 6. The average Bonchev–Trinajstić information content (AvgIpc) is 3.48. The van der Waals surface area contributed by atoms with E-state index in [1.807, 2.05) is 36.4 Å². The Kier molecular flexibility index (Phi) is 7.29. The van der Waals surface area contributed by atoms with Gasteiger partial charge in [-0.15, -0.1) is 34.4 Å². The van der Waals surface area contributed by atoms with Crippen molar-refractivity contribution in [3.8, 4) is 11.3 Å². The van der Waals surface area contributed by atoms with Gasteiger partial charge in [0, 0.05) is 51.8 Å². The Morgan fingerprint density at radius 3 is 2.73 bits per heavy atom. The summed E-state index contributed by atoms with van der Waals surface area (Å²) in [5, 5.41) is 8.30. The van der Waals surface area contributed by atoms with Gasteiger partial charge in [-0.1, -0.05) is 18.2 Å². The molecule has 4 rings (SSSR count). The number of nitrogens with zero attached hydrogens (tertiary/aromatic N) is 2. The maximum Gasteiger partial charge on any atom is 0.252 e. The molecule has 0 aliphatic carbocycles.